The van der Waals surface area contributed by atoms with Gasteiger partial charge in [0.25, 0.3) is 0 Å². The Labute approximate surface area is 121 Å². The Morgan fingerprint density at radius 3 is 2.56 bits per heavy atom. The molecule has 18 heavy (non-hydrogen) atoms. The minimum absolute atomic E-state index is 0.0488. The third-order valence-electron chi connectivity index (χ3n) is 2.55. The minimum atomic E-state index is -0.155. The molecule has 0 aliphatic carbocycles. The number of thioether (sulfide) groups is 2. The van der Waals surface area contributed by atoms with Gasteiger partial charge in [0, 0.05) is 5.54 Å². The molecule has 1 atom stereocenters. The molecule has 1 unspecified atom stereocenters. The Balaban J connectivity index is 2.54. The van der Waals surface area contributed by atoms with Crippen molar-refractivity contribution in [3.63, 3.8) is 0 Å². The van der Waals surface area contributed by atoms with Gasteiger partial charge in [0.2, 0.25) is 5.91 Å². The number of hydrogen-bond acceptors (Lipinski definition) is 6. The summed E-state index contributed by atoms with van der Waals surface area (Å²) in [4.78, 5) is 12.0. The molecule has 1 aromatic heterocycles. The van der Waals surface area contributed by atoms with Gasteiger partial charge in [0.05, 0.1) is 5.25 Å². The summed E-state index contributed by atoms with van der Waals surface area (Å²) < 4.78 is 1.77. The lowest BCUT2D eigenvalue weighted by atomic mass is 10.0. The maximum absolute atomic E-state index is 12.0. The van der Waals surface area contributed by atoms with Crippen molar-refractivity contribution >= 4 is 40.8 Å². The van der Waals surface area contributed by atoms with Crippen molar-refractivity contribution in [1.82, 2.24) is 15.5 Å². The van der Waals surface area contributed by atoms with Gasteiger partial charge < -0.3 is 5.32 Å². The first-order chi connectivity index (χ1) is 8.38. The fourth-order valence-electron chi connectivity index (χ4n) is 1.06. The van der Waals surface area contributed by atoms with Crippen LogP contribution in [0.25, 0.3) is 0 Å². The van der Waals surface area contributed by atoms with Crippen LogP contribution in [0.15, 0.2) is 8.68 Å². The first-order valence-electron chi connectivity index (χ1n) is 5.74. The molecule has 0 radical (unpaired) electrons. The van der Waals surface area contributed by atoms with Gasteiger partial charge in [-0.3, -0.25) is 4.79 Å². The topological polar surface area (TPSA) is 54.9 Å². The second kappa shape index (κ2) is 6.77. The molecule has 0 aliphatic heterocycles. The number of rotatable bonds is 6. The van der Waals surface area contributed by atoms with E-state index in [1.54, 1.807) is 11.8 Å². The molecule has 4 nitrogen and oxygen atoms in total. The molecule has 1 aromatic rings. The van der Waals surface area contributed by atoms with Gasteiger partial charge >= 0.3 is 0 Å². The molecule has 1 N–H and O–H groups in total. The molecule has 1 rings (SSSR count). The molecule has 102 valence electrons. The van der Waals surface area contributed by atoms with Gasteiger partial charge in [-0.05, 0) is 33.4 Å². The van der Waals surface area contributed by atoms with Crippen LogP contribution >= 0.6 is 34.9 Å². The summed E-state index contributed by atoms with van der Waals surface area (Å²) in [5.41, 5.74) is -0.155. The van der Waals surface area contributed by atoms with Gasteiger partial charge in [0.1, 0.15) is 0 Å². The number of aromatic nitrogens is 2. The monoisotopic (exact) mass is 305 g/mol. The van der Waals surface area contributed by atoms with Crippen LogP contribution in [0.4, 0.5) is 0 Å². The number of carbonyl (C=O) groups excluding carboxylic acids is 1. The Morgan fingerprint density at radius 1 is 1.44 bits per heavy atom. The van der Waals surface area contributed by atoms with Crippen LogP contribution in [0.1, 0.15) is 34.1 Å². The summed E-state index contributed by atoms with van der Waals surface area (Å²) >= 11 is 4.55. The SMILES string of the molecule is CCC(C)(C)NC(=O)C(C)Sc1nnc(SC)s1. The number of hydrogen-bond donors (Lipinski definition) is 1. The second-order valence-corrected chi connectivity index (χ2v) is 8.14. The van der Waals surface area contributed by atoms with E-state index in [4.69, 9.17) is 0 Å². The molecular formula is C11H19N3OS3. The van der Waals surface area contributed by atoms with Crippen LogP contribution in [0.3, 0.4) is 0 Å². The highest BCUT2D eigenvalue weighted by Gasteiger charge is 2.23. The van der Waals surface area contributed by atoms with E-state index in [1.807, 2.05) is 27.0 Å². The first-order valence-corrected chi connectivity index (χ1v) is 8.66. The lowest BCUT2D eigenvalue weighted by Crippen LogP contribution is -2.46. The van der Waals surface area contributed by atoms with Crippen molar-refractivity contribution < 1.29 is 4.79 Å². The zero-order chi connectivity index (χ0) is 13.8. The fourth-order valence-corrected chi connectivity index (χ4v) is 3.64. The molecule has 1 amide bonds. The zero-order valence-corrected chi connectivity index (χ0v) is 13.8. The summed E-state index contributed by atoms with van der Waals surface area (Å²) in [7, 11) is 0. The summed E-state index contributed by atoms with van der Waals surface area (Å²) in [6, 6.07) is 0. The molecule has 0 aromatic carbocycles. The quantitative estimate of drug-likeness (QED) is 0.819. The van der Waals surface area contributed by atoms with E-state index in [-0.39, 0.29) is 16.7 Å². The van der Waals surface area contributed by atoms with E-state index >= 15 is 0 Å². The van der Waals surface area contributed by atoms with E-state index in [9.17, 15) is 4.79 Å². The Morgan fingerprint density at radius 2 is 2.06 bits per heavy atom. The number of amides is 1. The standard InChI is InChI=1S/C11H19N3OS3/c1-6-11(3,4)12-8(15)7(2)17-10-14-13-9(16-5)18-10/h7H,6H2,1-5H3,(H,12,15). The average molecular weight is 305 g/mol. The Bertz CT molecular complexity index is 406. The van der Waals surface area contributed by atoms with Crippen molar-refractivity contribution in [2.24, 2.45) is 0 Å². The van der Waals surface area contributed by atoms with E-state index < -0.39 is 0 Å². The number of nitrogens with zero attached hydrogens (tertiary/aromatic N) is 2. The van der Waals surface area contributed by atoms with Crippen LogP contribution in [-0.4, -0.2) is 33.1 Å². The van der Waals surface area contributed by atoms with Crippen molar-refractivity contribution in [2.75, 3.05) is 6.26 Å². The predicted octanol–water partition coefficient (Wildman–Crippen LogP) is 3.05. The zero-order valence-electron chi connectivity index (χ0n) is 11.3. The van der Waals surface area contributed by atoms with E-state index in [1.165, 1.54) is 23.1 Å². The molecular weight excluding hydrogens is 286 g/mol. The van der Waals surface area contributed by atoms with Crippen LogP contribution < -0.4 is 5.32 Å². The third-order valence-corrected chi connectivity index (χ3v) is 5.64. The number of carbonyl (C=O) groups is 1. The summed E-state index contributed by atoms with van der Waals surface area (Å²) in [6.07, 6.45) is 2.88. The molecule has 7 heteroatoms. The highest BCUT2D eigenvalue weighted by molar-refractivity contribution is 8.03. The van der Waals surface area contributed by atoms with Crippen LogP contribution in [0.5, 0.6) is 0 Å². The average Bonchev–Trinajstić information content (AvgIpc) is 2.76. The second-order valence-electron chi connectivity index (χ2n) is 4.52. The molecule has 0 saturated heterocycles. The molecule has 0 fully saturated rings. The van der Waals surface area contributed by atoms with Gasteiger partial charge in [-0.25, -0.2) is 0 Å². The maximum atomic E-state index is 12.0. The lowest BCUT2D eigenvalue weighted by Gasteiger charge is -2.26. The van der Waals surface area contributed by atoms with Gasteiger partial charge in [-0.2, -0.15) is 0 Å². The highest BCUT2D eigenvalue weighted by atomic mass is 32.2. The van der Waals surface area contributed by atoms with Crippen molar-refractivity contribution in [3.05, 3.63) is 0 Å². The van der Waals surface area contributed by atoms with Gasteiger partial charge in [-0.15, -0.1) is 10.2 Å². The summed E-state index contributed by atoms with van der Waals surface area (Å²) in [5, 5.41) is 11.0. The van der Waals surface area contributed by atoms with Crippen LogP contribution in [-0.2, 0) is 4.79 Å². The minimum Gasteiger partial charge on any atom is -0.350 e. The Hall–Kier alpha value is -0.270. The fraction of sp³-hybridized carbons (Fsp3) is 0.727. The van der Waals surface area contributed by atoms with Gasteiger partial charge in [-0.1, -0.05) is 41.8 Å². The summed E-state index contributed by atoms with van der Waals surface area (Å²) in [5.74, 6) is 0.0488. The van der Waals surface area contributed by atoms with Crippen molar-refractivity contribution in [3.8, 4) is 0 Å². The van der Waals surface area contributed by atoms with Crippen LogP contribution in [0, 0.1) is 0 Å². The largest absolute Gasteiger partial charge is 0.350 e. The Kier molecular flexibility index (Phi) is 5.94. The normalized spacial score (nSPS) is 13.4. The van der Waals surface area contributed by atoms with E-state index in [2.05, 4.69) is 22.4 Å². The maximum Gasteiger partial charge on any atom is 0.233 e. The first kappa shape index (κ1) is 15.8. The van der Waals surface area contributed by atoms with Crippen molar-refractivity contribution in [1.29, 1.82) is 0 Å². The highest BCUT2D eigenvalue weighted by Crippen LogP contribution is 2.30. The van der Waals surface area contributed by atoms with Gasteiger partial charge in [0.15, 0.2) is 8.68 Å². The van der Waals surface area contributed by atoms with Crippen molar-refractivity contribution in [2.45, 2.75) is 53.6 Å². The molecule has 0 aliphatic rings. The molecule has 0 saturated carbocycles. The molecule has 1 heterocycles. The smallest absolute Gasteiger partial charge is 0.233 e. The number of nitrogens with one attached hydrogen (secondary N) is 1. The summed E-state index contributed by atoms with van der Waals surface area (Å²) in [6.45, 7) is 8.01. The van der Waals surface area contributed by atoms with E-state index in [0.29, 0.717) is 0 Å². The third kappa shape index (κ3) is 4.78. The lowest BCUT2D eigenvalue weighted by molar-refractivity contribution is -0.121. The van der Waals surface area contributed by atoms with Crippen LogP contribution in [0.2, 0.25) is 0 Å². The molecule has 0 bridgehead atoms. The molecule has 0 spiro atoms. The van der Waals surface area contributed by atoms with E-state index in [0.717, 1.165) is 15.1 Å². The predicted molar refractivity (Wildman–Crippen MR) is 79.5 cm³/mol.